The van der Waals surface area contributed by atoms with Gasteiger partial charge >= 0.3 is 6.03 Å². The molecule has 2 aromatic rings. The molecule has 3 heteroatoms. The van der Waals surface area contributed by atoms with E-state index in [1.807, 2.05) is 85.8 Å². The van der Waals surface area contributed by atoms with Crippen molar-refractivity contribution in [3.8, 4) is 11.1 Å². The van der Waals surface area contributed by atoms with E-state index in [1.165, 1.54) is 0 Å². The van der Waals surface area contributed by atoms with Crippen LogP contribution in [0.25, 0.3) is 11.1 Å². The average Bonchev–Trinajstić information content (AvgIpc) is 2.59. The minimum absolute atomic E-state index is 0.109. The predicted molar refractivity (Wildman–Crippen MR) is 96.8 cm³/mol. The predicted octanol–water partition coefficient (Wildman–Crippen LogP) is 4.96. The van der Waals surface area contributed by atoms with E-state index in [9.17, 15) is 4.79 Å². The molecular weight excluding hydrogens is 284 g/mol. The Morgan fingerprint density at radius 3 is 2.00 bits per heavy atom. The third-order valence-electron chi connectivity index (χ3n) is 3.52. The van der Waals surface area contributed by atoms with Crippen LogP contribution in [0.3, 0.4) is 0 Å². The number of carbonyl (C=O) groups is 1. The van der Waals surface area contributed by atoms with Gasteiger partial charge in [0.1, 0.15) is 0 Å². The van der Waals surface area contributed by atoms with Crippen LogP contribution >= 0.6 is 0 Å². The van der Waals surface area contributed by atoms with Crippen molar-refractivity contribution in [2.24, 2.45) is 0 Å². The molecule has 0 bridgehead atoms. The number of rotatable bonds is 3. The van der Waals surface area contributed by atoms with Gasteiger partial charge in [0.05, 0.1) is 5.69 Å². The van der Waals surface area contributed by atoms with Crippen LogP contribution in [-0.4, -0.2) is 24.5 Å². The fourth-order valence-electron chi connectivity index (χ4n) is 2.07. The van der Waals surface area contributed by atoms with Crippen LogP contribution < -0.4 is 5.32 Å². The highest BCUT2D eigenvalue weighted by molar-refractivity contribution is 5.94. The van der Waals surface area contributed by atoms with Gasteiger partial charge in [-0.1, -0.05) is 72.8 Å². The van der Waals surface area contributed by atoms with Gasteiger partial charge < -0.3 is 10.2 Å². The van der Waals surface area contributed by atoms with Crippen molar-refractivity contribution < 1.29 is 4.79 Å². The molecule has 0 saturated heterocycles. The lowest BCUT2D eigenvalue weighted by Crippen LogP contribution is -2.31. The minimum atomic E-state index is -0.109. The molecule has 3 nitrogen and oxygen atoms in total. The van der Waals surface area contributed by atoms with Gasteiger partial charge in [0.25, 0.3) is 0 Å². The quantitative estimate of drug-likeness (QED) is 0.854. The largest absolute Gasteiger partial charge is 0.328 e. The smallest absolute Gasteiger partial charge is 0.321 e. The molecule has 0 heterocycles. The van der Waals surface area contributed by atoms with Gasteiger partial charge in [0.15, 0.2) is 0 Å². The first kappa shape index (κ1) is 16.6. The molecule has 0 radical (unpaired) electrons. The summed E-state index contributed by atoms with van der Waals surface area (Å²) in [5.74, 6) is 0. The monoisotopic (exact) mass is 306 g/mol. The maximum atomic E-state index is 12.1. The Balaban J connectivity index is 2.43. The molecule has 0 saturated carbocycles. The van der Waals surface area contributed by atoms with Gasteiger partial charge in [-0.2, -0.15) is 0 Å². The molecule has 23 heavy (non-hydrogen) atoms. The van der Waals surface area contributed by atoms with Crippen molar-refractivity contribution in [2.45, 2.75) is 6.92 Å². The van der Waals surface area contributed by atoms with Crippen molar-refractivity contribution >= 4 is 11.7 Å². The number of nitrogens with zero attached hydrogens (tertiary/aromatic N) is 1. The fourth-order valence-corrected chi connectivity index (χ4v) is 2.07. The fraction of sp³-hybridized carbons (Fsp3) is 0.150. The van der Waals surface area contributed by atoms with Crippen molar-refractivity contribution in [3.63, 3.8) is 0 Å². The molecule has 2 rings (SSSR count). The van der Waals surface area contributed by atoms with Gasteiger partial charge in [0.2, 0.25) is 0 Å². The van der Waals surface area contributed by atoms with Crippen LogP contribution in [0.5, 0.6) is 0 Å². The molecule has 0 aliphatic carbocycles. The molecule has 0 spiro atoms. The number of carbonyl (C=O) groups excluding carboxylic acids is 1. The highest BCUT2D eigenvalue weighted by Crippen LogP contribution is 2.27. The lowest BCUT2D eigenvalue weighted by atomic mass is 10.0. The van der Waals surface area contributed by atoms with E-state index in [2.05, 4.69) is 5.32 Å². The molecule has 0 fully saturated rings. The first-order valence-electron chi connectivity index (χ1n) is 7.72. The molecule has 0 aliphatic heterocycles. The number of urea groups is 1. The minimum Gasteiger partial charge on any atom is -0.328 e. The molecular formula is C20H22N2O. The number of hydrogen-bond acceptors (Lipinski definition) is 1. The molecule has 2 amide bonds. The Hall–Kier alpha value is -2.81. The summed E-state index contributed by atoms with van der Waals surface area (Å²) in [6, 6.07) is 25.7. The number of anilines is 1. The number of nitrogens with one attached hydrogen (secondary N) is 1. The Bertz CT molecular complexity index is 686. The van der Waals surface area contributed by atoms with Crippen LogP contribution in [0.15, 0.2) is 78.9 Å². The zero-order chi connectivity index (χ0) is 16.5. The highest BCUT2D eigenvalue weighted by atomic mass is 16.2. The van der Waals surface area contributed by atoms with Crippen LogP contribution in [0.1, 0.15) is 6.92 Å². The van der Waals surface area contributed by atoms with Crippen molar-refractivity contribution in [1.29, 1.82) is 0 Å². The standard InChI is InChI=1S/C20H22N2O/c1-3-22(2)20(23)21-19-16-12-11-15-18(19)17-13-9-7-5-4-6-8-10-14-17/h4-16H,3H2,1-2H3,(H,21,23). The second-order valence-corrected chi connectivity index (χ2v) is 5.13. The Labute approximate surface area is 137 Å². The molecule has 0 aromatic heterocycles. The Morgan fingerprint density at radius 2 is 1.39 bits per heavy atom. The molecule has 0 unspecified atom stereocenters. The second kappa shape index (κ2) is 8.59. The maximum Gasteiger partial charge on any atom is 0.321 e. The van der Waals surface area contributed by atoms with Crippen LogP contribution in [-0.2, 0) is 0 Å². The van der Waals surface area contributed by atoms with Gasteiger partial charge in [0, 0.05) is 19.2 Å². The summed E-state index contributed by atoms with van der Waals surface area (Å²) in [6.07, 6.45) is 0. The number of amides is 2. The first-order chi connectivity index (χ1) is 11.2. The summed E-state index contributed by atoms with van der Waals surface area (Å²) in [4.78, 5) is 13.8. The van der Waals surface area contributed by atoms with Crippen molar-refractivity contribution in [2.75, 3.05) is 18.9 Å². The summed E-state index contributed by atoms with van der Waals surface area (Å²) < 4.78 is 0. The normalized spacial score (nSPS) is 9.65. The number of hydrogen-bond donors (Lipinski definition) is 1. The van der Waals surface area contributed by atoms with E-state index >= 15 is 0 Å². The lowest BCUT2D eigenvalue weighted by molar-refractivity contribution is 0.224. The maximum absolute atomic E-state index is 12.1. The zero-order valence-electron chi connectivity index (χ0n) is 13.6. The topological polar surface area (TPSA) is 32.3 Å². The summed E-state index contributed by atoms with van der Waals surface area (Å²) in [5.41, 5.74) is 2.83. The molecule has 2 aromatic carbocycles. The SMILES string of the molecule is CCN(C)C(=O)Nc1ccccc1-c1ccccccccc1. The van der Waals surface area contributed by atoms with Gasteiger partial charge in [-0.05, 0) is 18.6 Å². The third-order valence-corrected chi connectivity index (χ3v) is 3.52. The third kappa shape index (κ3) is 4.85. The van der Waals surface area contributed by atoms with E-state index in [1.54, 1.807) is 11.9 Å². The average molecular weight is 306 g/mol. The van der Waals surface area contributed by atoms with E-state index < -0.39 is 0 Å². The summed E-state index contributed by atoms with van der Waals surface area (Å²) in [6.45, 7) is 2.61. The van der Waals surface area contributed by atoms with Crippen LogP contribution in [0.4, 0.5) is 10.5 Å². The summed E-state index contributed by atoms with van der Waals surface area (Å²) in [5, 5.41) is 2.98. The number of para-hydroxylation sites is 1. The molecule has 118 valence electrons. The van der Waals surface area contributed by atoms with E-state index in [4.69, 9.17) is 0 Å². The van der Waals surface area contributed by atoms with Crippen LogP contribution in [0, 0.1) is 0 Å². The van der Waals surface area contributed by atoms with Gasteiger partial charge in [-0.25, -0.2) is 4.79 Å². The van der Waals surface area contributed by atoms with Gasteiger partial charge in [-0.15, -0.1) is 0 Å². The lowest BCUT2D eigenvalue weighted by Gasteiger charge is -2.17. The molecule has 0 aliphatic rings. The second-order valence-electron chi connectivity index (χ2n) is 5.13. The Morgan fingerprint density at radius 1 is 0.870 bits per heavy atom. The van der Waals surface area contributed by atoms with E-state index in [0.29, 0.717) is 6.54 Å². The highest BCUT2D eigenvalue weighted by Gasteiger charge is 2.09. The zero-order valence-corrected chi connectivity index (χ0v) is 13.6. The number of benzene rings is 1. The van der Waals surface area contributed by atoms with Gasteiger partial charge in [-0.3, -0.25) is 0 Å². The summed E-state index contributed by atoms with van der Waals surface area (Å²) >= 11 is 0. The van der Waals surface area contributed by atoms with Crippen LogP contribution in [0.2, 0.25) is 0 Å². The van der Waals surface area contributed by atoms with Crippen molar-refractivity contribution in [1.82, 2.24) is 4.90 Å². The molecule has 1 N–H and O–H groups in total. The van der Waals surface area contributed by atoms with E-state index in [-0.39, 0.29) is 6.03 Å². The molecule has 0 atom stereocenters. The van der Waals surface area contributed by atoms with E-state index in [0.717, 1.165) is 16.8 Å². The summed E-state index contributed by atoms with van der Waals surface area (Å²) in [7, 11) is 1.78. The first-order valence-corrected chi connectivity index (χ1v) is 7.72. The van der Waals surface area contributed by atoms with Crippen molar-refractivity contribution in [3.05, 3.63) is 78.9 Å². The Kier molecular flexibility index (Phi) is 6.18.